The standard InChI is InChI=1S/C12H16ClFO3/c1-3-15-12(16-4-2)8-17-9-5-6-11(14)10(13)7-9/h5-7,12H,3-4,8H2,1-2H3. The van der Waals surface area contributed by atoms with Crippen molar-refractivity contribution >= 4 is 11.6 Å². The van der Waals surface area contributed by atoms with Gasteiger partial charge in [0.25, 0.3) is 0 Å². The lowest BCUT2D eigenvalue weighted by Crippen LogP contribution is -2.25. The molecule has 17 heavy (non-hydrogen) atoms. The fourth-order valence-electron chi connectivity index (χ4n) is 1.25. The predicted octanol–water partition coefficient (Wildman–Crippen LogP) is 3.26. The lowest BCUT2D eigenvalue weighted by molar-refractivity contribution is -0.152. The molecule has 0 heterocycles. The highest BCUT2D eigenvalue weighted by Crippen LogP contribution is 2.21. The van der Waals surface area contributed by atoms with E-state index in [1.165, 1.54) is 18.2 Å². The first-order chi connectivity index (χ1) is 8.17. The Morgan fingerprint density at radius 1 is 1.24 bits per heavy atom. The second-order valence-electron chi connectivity index (χ2n) is 3.23. The molecule has 0 N–H and O–H groups in total. The summed E-state index contributed by atoms with van der Waals surface area (Å²) in [4.78, 5) is 0. The molecule has 3 nitrogen and oxygen atoms in total. The van der Waals surface area contributed by atoms with Gasteiger partial charge in [-0.05, 0) is 26.0 Å². The summed E-state index contributed by atoms with van der Waals surface area (Å²) >= 11 is 5.63. The average Bonchev–Trinajstić information content (AvgIpc) is 2.31. The molecule has 0 amide bonds. The molecule has 0 atom stereocenters. The molecule has 1 rings (SSSR count). The van der Waals surface area contributed by atoms with Gasteiger partial charge in [-0.2, -0.15) is 0 Å². The lowest BCUT2D eigenvalue weighted by Gasteiger charge is -2.17. The Hall–Kier alpha value is -0.840. The average molecular weight is 263 g/mol. The van der Waals surface area contributed by atoms with Gasteiger partial charge in [-0.1, -0.05) is 11.6 Å². The van der Waals surface area contributed by atoms with Gasteiger partial charge >= 0.3 is 0 Å². The van der Waals surface area contributed by atoms with Gasteiger partial charge in [-0.25, -0.2) is 4.39 Å². The number of halogens is 2. The van der Waals surface area contributed by atoms with E-state index in [4.69, 9.17) is 25.8 Å². The molecule has 5 heteroatoms. The zero-order valence-electron chi connectivity index (χ0n) is 9.91. The molecule has 0 aliphatic rings. The summed E-state index contributed by atoms with van der Waals surface area (Å²) < 4.78 is 28.9. The van der Waals surface area contributed by atoms with Crippen molar-refractivity contribution in [1.29, 1.82) is 0 Å². The second kappa shape index (κ2) is 7.48. The number of hydrogen-bond donors (Lipinski definition) is 0. The highest BCUT2D eigenvalue weighted by Gasteiger charge is 2.09. The molecule has 0 aliphatic carbocycles. The SMILES string of the molecule is CCOC(COc1ccc(F)c(Cl)c1)OCC. The van der Waals surface area contributed by atoms with Crippen molar-refractivity contribution in [2.24, 2.45) is 0 Å². The molecule has 1 aromatic rings. The van der Waals surface area contributed by atoms with Crippen LogP contribution in [0, 0.1) is 5.82 Å². The molecule has 0 spiro atoms. The van der Waals surface area contributed by atoms with Crippen LogP contribution in [-0.2, 0) is 9.47 Å². The van der Waals surface area contributed by atoms with E-state index < -0.39 is 12.1 Å². The molecule has 0 saturated carbocycles. The summed E-state index contributed by atoms with van der Waals surface area (Å²) in [6, 6.07) is 4.19. The maximum atomic E-state index is 12.9. The third-order valence-electron chi connectivity index (χ3n) is 1.98. The van der Waals surface area contributed by atoms with Crippen molar-refractivity contribution in [2.75, 3.05) is 19.8 Å². The number of ether oxygens (including phenoxy) is 3. The Kier molecular flexibility index (Phi) is 6.26. The van der Waals surface area contributed by atoms with Crippen LogP contribution in [0.15, 0.2) is 18.2 Å². The monoisotopic (exact) mass is 262 g/mol. The summed E-state index contributed by atoms with van der Waals surface area (Å²) in [5.74, 6) is 0.0194. The minimum Gasteiger partial charge on any atom is -0.488 e. The number of benzene rings is 1. The summed E-state index contributed by atoms with van der Waals surface area (Å²) in [7, 11) is 0. The second-order valence-corrected chi connectivity index (χ2v) is 3.63. The summed E-state index contributed by atoms with van der Waals surface area (Å²) in [5.41, 5.74) is 0. The highest BCUT2D eigenvalue weighted by atomic mass is 35.5. The molecule has 1 aromatic carbocycles. The Balaban J connectivity index is 2.49. The van der Waals surface area contributed by atoms with E-state index in [0.717, 1.165) is 0 Å². The van der Waals surface area contributed by atoms with Crippen molar-refractivity contribution in [3.05, 3.63) is 29.0 Å². The van der Waals surface area contributed by atoms with Gasteiger partial charge in [0.15, 0.2) is 6.29 Å². The van der Waals surface area contributed by atoms with Gasteiger partial charge in [-0.15, -0.1) is 0 Å². The van der Waals surface area contributed by atoms with Gasteiger partial charge in [0, 0.05) is 19.3 Å². The van der Waals surface area contributed by atoms with Crippen LogP contribution in [0.25, 0.3) is 0 Å². The molecule has 0 fully saturated rings. The minimum absolute atomic E-state index is 0.0341. The van der Waals surface area contributed by atoms with E-state index in [1.54, 1.807) is 0 Å². The van der Waals surface area contributed by atoms with Gasteiger partial charge < -0.3 is 14.2 Å². The van der Waals surface area contributed by atoms with Crippen LogP contribution in [-0.4, -0.2) is 26.1 Å². The predicted molar refractivity (Wildman–Crippen MR) is 63.9 cm³/mol. The first-order valence-electron chi connectivity index (χ1n) is 5.48. The lowest BCUT2D eigenvalue weighted by atomic mass is 10.3. The van der Waals surface area contributed by atoms with Crippen LogP contribution in [0.1, 0.15) is 13.8 Å². The number of rotatable bonds is 7. The molecule has 0 bridgehead atoms. The van der Waals surface area contributed by atoms with E-state index in [0.29, 0.717) is 19.0 Å². The van der Waals surface area contributed by atoms with Gasteiger partial charge in [-0.3, -0.25) is 0 Å². The van der Waals surface area contributed by atoms with Crippen molar-refractivity contribution in [2.45, 2.75) is 20.1 Å². The topological polar surface area (TPSA) is 27.7 Å². The van der Waals surface area contributed by atoms with Gasteiger partial charge in [0.1, 0.15) is 18.2 Å². The van der Waals surface area contributed by atoms with Crippen LogP contribution in [0.3, 0.4) is 0 Å². The Labute approximate surface area is 105 Å². The first-order valence-corrected chi connectivity index (χ1v) is 5.86. The van der Waals surface area contributed by atoms with E-state index in [9.17, 15) is 4.39 Å². The molecule has 0 unspecified atom stereocenters. The Morgan fingerprint density at radius 2 is 1.88 bits per heavy atom. The van der Waals surface area contributed by atoms with Gasteiger partial charge in [0.05, 0.1) is 5.02 Å². The quantitative estimate of drug-likeness (QED) is 0.706. The molecule has 0 aliphatic heterocycles. The van der Waals surface area contributed by atoms with Crippen molar-refractivity contribution in [3.63, 3.8) is 0 Å². The van der Waals surface area contributed by atoms with Gasteiger partial charge in [0.2, 0.25) is 0 Å². The summed E-state index contributed by atoms with van der Waals surface area (Å²) in [6.45, 7) is 5.07. The maximum Gasteiger partial charge on any atom is 0.191 e. The third kappa shape index (κ3) is 4.89. The van der Waals surface area contributed by atoms with Crippen molar-refractivity contribution < 1.29 is 18.6 Å². The molecule has 0 saturated heterocycles. The Bertz CT molecular complexity index is 341. The smallest absolute Gasteiger partial charge is 0.191 e. The van der Waals surface area contributed by atoms with E-state index >= 15 is 0 Å². The van der Waals surface area contributed by atoms with E-state index in [1.807, 2.05) is 13.8 Å². The van der Waals surface area contributed by atoms with Crippen molar-refractivity contribution in [3.8, 4) is 5.75 Å². The van der Waals surface area contributed by atoms with Crippen LogP contribution in [0.4, 0.5) is 4.39 Å². The normalized spacial score (nSPS) is 10.9. The number of hydrogen-bond acceptors (Lipinski definition) is 3. The molecular formula is C12H16ClFO3. The Morgan fingerprint density at radius 3 is 2.41 bits per heavy atom. The van der Waals surface area contributed by atoms with Crippen LogP contribution >= 0.6 is 11.6 Å². The zero-order chi connectivity index (χ0) is 12.7. The fourth-order valence-corrected chi connectivity index (χ4v) is 1.42. The summed E-state index contributed by atoms with van der Waals surface area (Å²) in [6.07, 6.45) is -0.422. The summed E-state index contributed by atoms with van der Waals surface area (Å²) in [5, 5.41) is 0.0341. The van der Waals surface area contributed by atoms with Crippen LogP contribution in [0.2, 0.25) is 5.02 Å². The van der Waals surface area contributed by atoms with E-state index in [2.05, 4.69) is 0 Å². The molecular weight excluding hydrogens is 247 g/mol. The third-order valence-corrected chi connectivity index (χ3v) is 2.27. The van der Waals surface area contributed by atoms with Crippen LogP contribution in [0.5, 0.6) is 5.75 Å². The van der Waals surface area contributed by atoms with E-state index in [-0.39, 0.29) is 11.6 Å². The zero-order valence-corrected chi connectivity index (χ0v) is 10.7. The minimum atomic E-state index is -0.467. The molecule has 0 aromatic heterocycles. The first kappa shape index (κ1) is 14.2. The van der Waals surface area contributed by atoms with Crippen LogP contribution < -0.4 is 4.74 Å². The molecule has 96 valence electrons. The highest BCUT2D eigenvalue weighted by molar-refractivity contribution is 6.30. The fraction of sp³-hybridized carbons (Fsp3) is 0.500. The maximum absolute atomic E-state index is 12.9. The largest absolute Gasteiger partial charge is 0.488 e. The molecule has 0 radical (unpaired) electrons. The van der Waals surface area contributed by atoms with Crippen molar-refractivity contribution in [1.82, 2.24) is 0 Å².